The average Bonchev–Trinajstić information content (AvgIpc) is 3.09. The Morgan fingerprint density at radius 1 is 1.25 bits per heavy atom. The van der Waals surface area contributed by atoms with Crippen LogP contribution < -0.4 is 4.74 Å². The number of nitrogens with zero attached hydrogens (tertiary/aromatic N) is 1. The summed E-state index contributed by atoms with van der Waals surface area (Å²) in [5.74, 6) is 2.12. The van der Waals surface area contributed by atoms with Crippen LogP contribution in [-0.4, -0.2) is 18.6 Å². The number of hydrogen-bond donors (Lipinski definition) is 0. The molecule has 0 aromatic heterocycles. The lowest BCUT2D eigenvalue weighted by atomic mass is 9.88. The SMILES string of the molecule is CCC1C=CN=C1C(C)CCC(=O)CCCc1ccc(OC)cc1. The summed E-state index contributed by atoms with van der Waals surface area (Å²) in [7, 11) is 1.67. The summed E-state index contributed by atoms with van der Waals surface area (Å²) in [5.41, 5.74) is 2.51. The van der Waals surface area contributed by atoms with Crippen molar-refractivity contribution < 1.29 is 9.53 Å². The Balaban J connectivity index is 1.66. The fourth-order valence-electron chi connectivity index (χ4n) is 3.20. The van der Waals surface area contributed by atoms with Crippen molar-refractivity contribution in [2.75, 3.05) is 7.11 Å². The van der Waals surface area contributed by atoms with Crippen LogP contribution in [0.5, 0.6) is 5.75 Å². The average molecular weight is 327 g/mol. The Kier molecular flexibility index (Phi) is 7.23. The van der Waals surface area contributed by atoms with Crippen molar-refractivity contribution in [1.82, 2.24) is 0 Å². The molecule has 0 saturated carbocycles. The summed E-state index contributed by atoms with van der Waals surface area (Å²) in [6, 6.07) is 8.09. The maximum absolute atomic E-state index is 12.1. The minimum atomic E-state index is 0.370. The number of carbonyl (C=O) groups is 1. The van der Waals surface area contributed by atoms with E-state index in [1.807, 2.05) is 18.3 Å². The molecule has 0 saturated heterocycles. The predicted molar refractivity (Wildman–Crippen MR) is 99.7 cm³/mol. The molecule has 1 aliphatic heterocycles. The van der Waals surface area contributed by atoms with E-state index in [0.717, 1.165) is 31.4 Å². The van der Waals surface area contributed by atoms with Gasteiger partial charge in [-0.15, -0.1) is 0 Å². The van der Waals surface area contributed by atoms with E-state index in [2.05, 4.69) is 37.0 Å². The summed E-state index contributed by atoms with van der Waals surface area (Å²) in [6.07, 6.45) is 9.28. The van der Waals surface area contributed by atoms with Gasteiger partial charge in [0.1, 0.15) is 11.5 Å². The number of methoxy groups -OCH3 is 1. The molecule has 0 bridgehead atoms. The van der Waals surface area contributed by atoms with E-state index in [-0.39, 0.29) is 0 Å². The van der Waals surface area contributed by atoms with E-state index in [4.69, 9.17) is 4.74 Å². The van der Waals surface area contributed by atoms with Crippen molar-refractivity contribution in [3.63, 3.8) is 0 Å². The minimum absolute atomic E-state index is 0.370. The molecule has 2 atom stereocenters. The first kappa shape index (κ1) is 18.4. The molecule has 3 heteroatoms. The molecule has 2 unspecified atom stereocenters. The lowest BCUT2D eigenvalue weighted by Gasteiger charge is -2.16. The molecule has 0 radical (unpaired) electrons. The van der Waals surface area contributed by atoms with Crippen LogP contribution in [0.25, 0.3) is 0 Å². The number of allylic oxidation sites excluding steroid dienone is 1. The van der Waals surface area contributed by atoms with Crippen molar-refractivity contribution in [2.24, 2.45) is 16.8 Å². The van der Waals surface area contributed by atoms with Crippen LogP contribution in [0.1, 0.15) is 51.5 Å². The third-order valence-corrected chi connectivity index (χ3v) is 4.80. The smallest absolute Gasteiger partial charge is 0.132 e. The number of hydrogen-bond acceptors (Lipinski definition) is 3. The first-order valence-corrected chi connectivity index (χ1v) is 9.03. The van der Waals surface area contributed by atoms with Crippen LogP contribution in [0.3, 0.4) is 0 Å². The number of carbonyl (C=O) groups excluding carboxylic acids is 1. The van der Waals surface area contributed by atoms with Gasteiger partial charge >= 0.3 is 0 Å². The number of aryl methyl sites for hydroxylation is 1. The zero-order valence-electron chi connectivity index (χ0n) is 15.1. The van der Waals surface area contributed by atoms with Crippen molar-refractivity contribution in [2.45, 2.75) is 52.4 Å². The van der Waals surface area contributed by atoms with E-state index < -0.39 is 0 Å². The molecule has 0 aliphatic carbocycles. The molecule has 1 heterocycles. The molecule has 0 spiro atoms. The van der Waals surface area contributed by atoms with E-state index in [0.29, 0.717) is 30.5 Å². The molecule has 1 aromatic rings. The summed E-state index contributed by atoms with van der Waals surface area (Å²) in [5, 5.41) is 0. The highest BCUT2D eigenvalue weighted by Gasteiger charge is 2.21. The summed E-state index contributed by atoms with van der Waals surface area (Å²) < 4.78 is 5.16. The maximum Gasteiger partial charge on any atom is 0.132 e. The third-order valence-electron chi connectivity index (χ3n) is 4.80. The van der Waals surface area contributed by atoms with Gasteiger partial charge in [0.15, 0.2) is 0 Å². The Hall–Kier alpha value is -1.90. The summed E-state index contributed by atoms with van der Waals surface area (Å²) in [4.78, 5) is 16.6. The second-order valence-corrected chi connectivity index (χ2v) is 6.59. The Morgan fingerprint density at radius 3 is 2.67 bits per heavy atom. The number of rotatable bonds is 10. The molecule has 0 amide bonds. The Bertz CT molecular complexity index is 586. The Labute approximate surface area is 145 Å². The van der Waals surface area contributed by atoms with Crippen LogP contribution in [0.15, 0.2) is 41.5 Å². The number of Topliss-reactive ketones (excluding diaryl/α,β-unsaturated/α-hetero) is 1. The van der Waals surface area contributed by atoms with Crippen LogP contribution in [0.4, 0.5) is 0 Å². The highest BCUT2D eigenvalue weighted by atomic mass is 16.5. The molecule has 1 aliphatic rings. The number of benzene rings is 1. The van der Waals surface area contributed by atoms with Crippen molar-refractivity contribution in [1.29, 1.82) is 0 Å². The second-order valence-electron chi connectivity index (χ2n) is 6.59. The topological polar surface area (TPSA) is 38.7 Å². The summed E-state index contributed by atoms with van der Waals surface area (Å²) >= 11 is 0. The van der Waals surface area contributed by atoms with Gasteiger partial charge in [-0.05, 0) is 49.3 Å². The van der Waals surface area contributed by atoms with Crippen molar-refractivity contribution in [3.05, 3.63) is 42.1 Å². The summed E-state index contributed by atoms with van der Waals surface area (Å²) in [6.45, 7) is 4.38. The zero-order chi connectivity index (χ0) is 17.4. The highest BCUT2D eigenvalue weighted by Crippen LogP contribution is 2.23. The van der Waals surface area contributed by atoms with Gasteiger partial charge in [0.25, 0.3) is 0 Å². The fraction of sp³-hybridized carbons (Fsp3) is 0.524. The van der Waals surface area contributed by atoms with E-state index >= 15 is 0 Å². The Morgan fingerprint density at radius 2 is 2.00 bits per heavy atom. The molecule has 130 valence electrons. The highest BCUT2D eigenvalue weighted by molar-refractivity contribution is 5.92. The molecule has 0 fully saturated rings. The van der Waals surface area contributed by atoms with Crippen LogP contribution >= 0.6 is 0 Å². The van der Waals surface area contributed by atoms with Gasteiger partial charge in [-0.25, -0.2) is 0 Å². The van der Waals surface area contributed by atoms with Gasteiger partial charge in [-0.3, -0.25) is 9.79 Å². The molecular weight excluding hydrogens is 298 g/mol. The van der Waals surface area contributed by atoms with E-state index in [1.165, 1.54) is 11.3 Å². The van der Waals surface area contributed by atoms with Crippen molar-refractivity contribution in [3.8, 4) is 5.75 Å². The number of ether oxygens (including phenoxy) is 1. The largest absolute Gasteiger partial charge is 0.497 e. The molecule has 3 nitrogen and oxygen atoms in total. The standard InChI is InChI=1S/C21H29NO2/c1-4-18-14-15-22-21(18)16(2)8-11-19(23)7-5-6-17-9-12-20(24-3)13-10-17/h9-10,12-16,18H,4-8,11H2,1-3H3. The minimum Gasteiger partial charge on any atom is -0.497 e. The van der Waals surface area contributed by atoms with Gasteiger partial charge < -0.3 is 4.74 Å². The second kappa shape index (κ2) is 9.41. The number of aliphatic imine (C=N–C) groups is 1. The quantitative estimate of drug-likeness (QED) is 0.606. The van der Waals surface area contributed by atoms with Crippen molar-refractivity contribution >= 4 is 11.5 Å². The molecule has 24 heavy (non-hydrogen) atoms. The van der Waals surface area contributed by atoms with Crippen LogP contribution in [0, 0.1) is 11.8 Å². The van der Waals surface area contributed by atoms with Gasteiger partial charge in [0.2, 0.25) is 0 Å². The lowest BCUT2D eigenvalue weighted by Crippen LogP contribution is -2.18. The van der Waals surface area contributed by atoms with Crippen LogP contribution in [0.2, 0.25) is 0 Å². The monoisotopic (exact) mass is 327 g/mol. The maximum atomic E-state index is 12.1. The van der Waals surface area contributed by atoms with Crippen LogP contribution in [-0.2, 0) is 11.2 Å². The molecule has 2 rings (SSSR count). The molecular formula is C21H29NO2. The van der Waals surface area contributed by atoms with Gasteiger partial charge in [-0.1, -0.05) is 32.1 Å². The fourth-order valence-corrected chi connectivity index (χ4v) is 3.20. The van der Waals surface area contributed by atoms with Gasteiger partial charge in [0, 0.05) is 30.7 Å². The third kappa shape index (κ3) is 5.33. The molecule has 0 N–H and O–H groups in total. The van der Waals surface area contributed by atoms with Gasteiger partial charge in [0.05, 0.1) is 7.11 Å². The zero-order valence-corrected chi connectivity index (χ0v) is 15.1. The normalized spacial score (nSPS) is 17.6. The van der Waals surface area contributed by atoms with E-state index in [9.17, 15) is 4.79 Å². The lowest BCUT2D eigenvalue weighted by molar-refractivity contribution is -0.119. The number of ketones is 1. The van der Waals surface area contributed by atoms with Gasteiger partial charge in [-0.2, -0.15) is 0 Å². The first-order chi connectivity index (χ1) is 11.6. The molecule has 1 aromatic carbocycles. The predicted octanol–water partition coefficient (Wildman–Crippen LogP) is 5.00. The van der Waals surface area contributed by atoms with E-state index in [1.54, 1.807) is 7.11 Å². The first-order valence-electron chi connectivity index (χ1n) is 9.03.